The first kappa shape index (κ1) is 23.5. The van der Waals surface area contributed by atoms with Gasteiger partial charge in [-0.3, -0.25) is 19.4 Å². The molecule has 0 spiro atoms. The molecule has 1 saturated heterocycles. The maximum atomic E-state index is 13.3. The van der Waals surface area contributed by atoms with Gasteiger partial charge >= 0.3 is 0 Å². The predicted octanol–water partition coefficient (Wildman–Crippen LogP) is 4.64. The van der Waals surface area contributed by atoms with Crippen molar-refractivity contribution in [3.05, 3.63) is 90.5 Å². The van der Waals surface area contributed by atoms with Crippen molar-refractivity contribution in [1.82, 2.24) is 10.2 Å². The first-order valence-electron chi connectivity index (χ1n) is 11.8. The first-order valence-corrected chi connectivity index (χ1v) is 11.8. The van der Waals surface area contributed by atoms with E-state index >= 15 is 0 Å². The van der Waals surface area contributed by atoms with E-state index in [4.69, 9.17) is 4.74 Å². The molecule has 0 aromatic heterocycles. The second-order valence-electron chi connectivity index (χ2n) is 8.38. The second-order valence-corrected chi connectivity index (χ2v) is 8.38. The molecule has 0 saturated carbocycles. The van der Waals surface area contributed by atoms with Gasteiger partial charge in [-0.1, -0.05) is 36.4 Å². The number of carbonyl (C=O) groups is 2. The van der Waals surface area contributed by atoms with Crippen molar-refractivity contribution in [2.24, 2.45) is 0 Å². The van der Waals surface area contributed by atoms with Gasteiger partial charge in [0.15, 0.2) is 0 Å². The average molecular weight is 458 g/mol. The van der Waals surface area contributed by atoms with Gasteiger partial charge in [0.25, 0.3) is 5.91 Å². The number of hydrogen-bond acceptors (Lipinski definition) is 4. The minimum absolute atomic E-state index is 0.0364. The van der Waals surface area contributed by atoms with E-state index < -0.39 is 0 Å². The van der Waals surface area contributed by atoms with Gasteiger partial charge in [0.1, 0.15) is 5.75 Å². The normalized spacial score (nSPS) is 14.4. The summed E-state index contributed by atoms with van der Waals surface area (Å²) in [6.45, 7) is 4.39. The SMILES string of the molecule is CCOc1ccc(C(=O)NC2CCN(CC(=O)N(c3ccccc3)c3ccccc3)CC2)cc1. The van der Waals surface area contributed by atoms with Crippen LogP contribution >= 0.6 is 0 Å². The van der Waals surface area contributed by atoms with Crippen LogP contribution in [0.15, 0.2) is 84.9 Å². The Hall–Kier alpha value is -3.64. The molecule has 1 fully saturated rings. The Balaban J connectivity index is 1.32. The fourth-order valence-corrected chi connectivity index (χ4v) is 4.23. The van der Waals surface area contributed by atoms with Crippen LogP contribution in [0.1, 0.15) is 30.1 Å². The third-order valence-corrected chi connectivity index (χ3v) is 5.99. The summed E-state index contributed by atoms with van der Waals surface area (Å²) in [5.74, 6) is 0.725. The van der Waals surface area contributed by atoms with Crippen LogP contribution in [0.5, 0.6) is 5.75 Å². The van der Waals surface area contributed by atoms with Gasteiger partial charge < -0.3 is 10.1 Å². The molecule has 34 heavy (non-hydrogen) atoms. The number of benzene rings is 3. The van der Waals surface area contributed by atoms with E-state index in [0.29, 0.717) is 18.7 Å². The zero-order valence-corrected chi connectivity index (χ0v) is 19.5. The lowest BCUT2D eigenvalue weighted by Crippen LogP contribution is -2.47. The van der Waals surface area contributed by atoms with Crippen molar-refractivity contribution in [3.8, 4) is 5.75 Å². The van der Waals surface area contributed by atoms with Crippen LogP contribution in [0.2, 0.25) is 0 Å². The number of piperidine rings is 1. The highest BCUT2D eigenvalue weighted by molar-refractivity contribution is 6.01. The lowest BCUT2D eigenvalue weighted by molar-refractivity contribution is -0.119. The van der Waals surface area contributed by atoms with Gasteiger partial charge in [-0.05, 0) is 68.3 Å². The maximum Gasteiger partial charge on any atom is 0.251 e. The molecular formula is C28H31N3O3. The summed E-state index contributed by atoms with van der Waals surface area (Å²) in [5.41, 5.74) is 2.34. The Bertz CT molecular complexity index is 1020. The van der Waals surface area contributed by atoms with Gasteiger partial charge in [-0.25, -0.2) is 0 Å². The third kappa shape index (κ3) is 6.02. The Morgan fingerprint density at radius 2 is 1.44 bits per heavy atom. The summed E-state index contributed by atoms with van der Waals surface area (Å²) < 4.78 is 5.44. The number of nitrogens with one attached hydrogen (secondary N) is 1. The van der Waals surface area contributed by atoms with Gasteiger partial charge in [-0.15, -0.1) is 0 Å². The molecule has 0 aliphatic carbocycles. The zero-order chi connectivity index (χ0) is 23.8. The predicted molar refractivity (Wildman–Crippen MR) is 135 cm³/mol. The molecule has 1 aliphatic heterocycles. The Morgan fingerprint density at radius 1 is 0.882 bits per heavy atom. The van der Waals surface area contributed by atoms with Crippen LogP contribution in [0.25, 0.3) is 0 Å². The molecule has 0 atom stereocenters. The molecule has 3 aromatic carbocycles. The quantitative estimate of drug-likeness (QED) is 0.535. The number of hydrogen-bond donors (Lipinski definition) is 1. The van der Waals surface area contributed by atoms with E-state index in [0.717, 1.165) is 43.1 Å². The molecule has 6 nitrogen and oxygen atoms in total. The van der Waals surface area contributed by atoms with Crippen molar-refractivity contribution in [3.63, 3.8) is 0 Å². The maximum absolute atomic E-state index is 13.3. The smallest absolute Gasteiger partial charge is 0.251 e. The number of likely N-dealkylation sites (tertiary alicyclic amines) is 1. The number of anilines is 2. The number of nitrogens with zero attached hydrogens (tertiary/aromatic N) is 2. The van der Waals surface area contributed by atoms with Crippen molar-refractivity contribution in [2.75, 3.05) is 31.1 Å². The van der Waals surface area contributed by atoms with E-state index in [9.17, 15) is 9.59 Å². The Kier molecular flexibility index (Phi) is 7.94. The molecule has 3 aromatic rings. The molecule has 1 heterocycles. The minimum atomic E-state index is -0.0723. The van der Waals surface area contributed by atoms with Crippen LogP contribution in [0, 0.1) is 0 Å². The largest absolute Gasteiger partial charge is 0.494 e. The molecule has 176 valence electrons. The summed E-state index contributed by atoms with van der Waals surface area (Å²) in [6.07, 6.45) is 1.62. The highest BCUT2D eigenvalue weighted by Crippen LogP contribution is 2.25. The van der Waals surface area contributed by atoms with Crippen LogP contribution < -0.4 is 15.0 Å². The molecule has 2 amide bonds. The lowest BCUT2D eigenvalue weighted by atomic mass is 10.0. The van der Waals surface area contributed by atoms with E-state index in [1.54, 1.807) is 17.0 Å². The molecule has 0 unspecified atom stereocenters. The van der Waals surface area contributed by atoms with Gasteiger partial charge in [0.05, 0.1) is 13.2 Å². The van der Waals surface area contributed by atoms with Crippen molar-refractivity contribution >= 4 is 23.2 Å². The van der Waals surface area contributed by atoms with Crippen LogP contribution in [0.4, 0.5) is 11.4 Å². The summed E-state index contributed by atoms with van der Waals surface area (Å²) in [7, 11) is 0. The van der Waals surface area contributed by atoms with Crippen molar-refractivity contribution in [2.45, 2.75) is 25.8 Å². The van der Waals surface area contributed by atoms with Crippen LogP contribution in [-0.2, 0) is 4.79 Å². The highest BCUT2D eigenvalue weighted by Gasteiger charge is 2.25. The fraction of sp³-hybridized carbons (Fsp3) is 0.286. The minimum Gasteiger partial charge on any atom is -0.494 e. The molecular weight excluding hydrogens is 426 g/mol. The first-order chi connectivity index (χ1) is 16.6. The number of para-hydroxylation sites is 2. The van der Waals surface area contributed by atoms with E-state index in [-0.39, 0.29) is 17.9 Å². The number of amides is 2. The second kappa shape index (κ2) is 11.5. The fourth-order valence-electron chi connectivity index (χ4n) is 4.23. The molecule has 1 N–H and O–H groups in total. The van der Waals surface area contributed by atoms with Crippen LogP contribution in [0.3, 0.4) is 0 Å². The summed E-state index contributed by atoms with van der Waals surface area (Å²) in [4.78, 5) is 29.9. The molecule has 0 radical (unpaired) electrons. The topological polar surface area (TPSA) is 61.9 Å². The van der Waals surface area contributed by atoms with E-state index in [2.05, 4.69) is 10.2 Å². The monoisotopic (exact) mass is 457 g/mol. The number of carbonyl (C=O) groups excluding carboxylic acids is 2. The third-order valence-electron chi connectivity index (χ3n) is 5.99. The summed E-state index contributed by atoms with van der Waals surface area (Å²) >= 11 is 0. The number of ether oxygens (including phenoxy) is 1. The zero-order valence-electron chi connectivity index (χ0n) is 19.5. The van der Waals surface area contributed by atoms with Gasteiger partial charge in [0.2, 0.25) is 5.91 Å². The van der Waals surface area contributed by atoms with E-state index in [1.807, 2.05) is 79.7 Å². The molecule has 4 rings (SSSR count). The summed E-state index contributed by atoms with van der Waals surface area (Å²) in [5, 5.41) is 3.13. The van der Waals surface area contributed by atoms with Crippen LogP contribution in [-0.4, -0.2) is 49.0 Å². The van der Waals surface area contributed by atoms with Gasteiger partial charge in [-0.2, -0.15) is 0 Å². The average Bonchev–Trinajstić information content (AvgIpc) is 2.87. The van der Waals surface area contributed by atoms with Gasteiger partial charge in [0, 0.05) is 36.1 Å². The standard InChI is InChI=1S/C28H31N3O3/c1-2-34-26-15-13-22(14-16-26)28(33)29-23-17-19-30(20-18-23)21-27(32)31(24-9-5-3-6-10-24)25-11-7-4-8-12-25/h3-16,23H,2,17-21H2,1H3,(H,29,33). The van der Waals surface area contributed by atoms with E-state index in [1.165, 1.54) is 0 Å². The van der Waals surface area contributed by atoms with Crippen molar-refractivity contribution < 1.29 is 14.3 Å². The molecule has 6 heteroatoms. The Labute approximate surface area is 201 Å². The molecule has 0 bridgehead atoms. The Morgan fingerprint density at radius 3 is 1.97 bits per heavy atom. The summed E-state index contributed by atoms with van der Waals surface area (Å²) in [6, 6.07) is 26.8. The van der Waals surface area contributed by atoms with Crippen molar-refractivity contribution in [1.29, 1.82) is 0 Å². The molecule has 1 aliphatic rings. The lowest BCUT2D eigenvalue weighted by Gasteiger charge is -2.33. The number of rotatable bonds is 8. The highest BCUT2D eigenvalue weighted by atomic mass is 16.5.